The monoisotopic (exact) mass is 99.0 g/mol. The van der Waals surface area contributed by atoms with Crippen molar-refractivity contribution < 1.29 is 4.74 Å². The van der Waals surface area contributed by atoms with E-state index in [1.165, 1.54) is 0 Å². The molecule has 0 aliphatic rings. The molecule has 6 heavy (non-hydrogen) atoms. The Labute approximate surface area is 41.4 Å². The van der Waals surface area contributed by atoms with Gasteiger partial charge in [0.05, 0.1) is 23.1 Å². The van der Waals surface area contributed by atoms with Gasteiger partial charge in [0.2, 0.25) is 0 Å². The molecule has 0 fully saturated rings. The molecule has 1 nitrogen and oxygen atoms in total. The van der Waals surface area contributed by atoms with Crippen LogP contribution in [-0.2, 0) is 4.74 Å². The molecular weight excluding hydrogens is 92.1 g/mol. The maximum absolute atomic E-state index is 4.75. The van der Waals surface area contributed by atoms with Crippen molar-refractivity contribution >= 4 is 10.2 Å². The number of hydrogen-bond acceptors (Lipinski definition) is 1. The van der Waals surface area contributed by atoms with Crippen molar-refractivity contribution in [2.45, 2.75) is 6.92 Å². The molecule has 0 saturated heterocycles. The van der Waals surface area contributed by atoms with Gasteiger partial charge in [-0.25, -0.2) is 0 Å². The molecule has 0 saturated carbocycles. The highest BCUT2D eigenvalue weighted by molar-refractivity contribution is 6.16. The van der Waals surface area contributed by atoms with Gasteiger partial charge in [-0.15, -0.1) is 0 Å². The first-order chi connectivity index (χ1) is 2.91. The average molecular weight is 99.2 g/mol. The largest absolute Gasteiger partial charge is 0.502 e. The molecule has 0 aliphatic carbocycles. The minimum absolute atomic E-state index is 0.737. The van der Waals surface area contributed by atoms with Crippen molar-refractivity contribution in [1.29, 1.82) is 0 Å². The second-order valence-electron chi connectivity index (χ2n) is 0.758. The highest BCUT2D eigenvalue weighted by Gasteiger charge is 1.60. The number of ether oxygens (including phenoxy) is 1. The van der Waals surface area contributed by atoms with Crippen LogP contribution in [0.1, 0.15) is 6.92 Å². The van der Waals surface area contributed by atoms with Crippen molar-refractivity contribution in [2.75, 3.05) is 6.61 Å². The Morgan fingerprint density at radius 3 is 2.67 bits per heavy atom. The molecule has 0 N–H and O–H groups in total. The molecular formula is C4H7OSi. The van der Waals surface area contributed by atoms with Gasteiger partial charge in [-0.3, -0.25) is 0 Å². The van der Waals surface area contributed by atoms with Gasteiger partial charge >= 0.3 is 0 Å². The Balaban J connectivity index is 2.66. The second-order valence-corrected chi connectivity index (χ2v) is 1.09. The van der Waals surface area contributed by atoms with Crippen LogP contribution in [0.3, 0.4) is 0 Å². The van der Waals surface area contributed by atoms with E-state index in [1.807, 2.05) is 6.92 Å². The molecule has 33 valence electrons. The van der Waals surface area contributed by atoms with Crippen LogP contribution in [-0.4, -0.2) is 16.8 Å². The zero-order chi connectivity index (χ0) is 4.83. The summed E-state index contributed by atoms with van der Waals surface area (Å²) in [6, 6.07) is 0. The van der Waals surface area contributed by atoms with Gasteiger partial charge in [-0.2, -0.15) is 0 Å². The van der Waals surface area contributed by atoms with Crippen LogP contribution in [0.4, 0.5) is 0 Å². The van der Waals surface area contributed by atoms with E-state index in [0.717, 1.165) is 6.61 Å². The van der Waals surface area contributed by atoms with Gasteiger partial charge in [-0.05, 0) is 6.92 Å². The Morgan fingerprint density at radius 1 is 1.83 bits per heavy atom. The fourth-order valence-corrected chi connectivity index (χ4v) is 0.241. The lowest BCUT2D eigenvalue weighted by Gasteiger charge is -1.86. The molecule has 3 radical (unpaired) electrons. The predicted molar refractivity (Wildman–Crippen MR) is 26.5 cm³/mol. The Kier molecular flexibility index (Phi) is 4.56. The second kappa shape index (κ2) is 4.76. The smallest absolute Gasteiger partial charge is 0.0844 e. The summed E-state index contributed by atoms with van der Waals surface area (Å²) >= 11 is 0. The first-order valence-electron chi connectivity index (χ1n) is 1.85. The Morgan fingerprint density at radius 2 is 2.50 bits per heavy atom. The summed E-state index contributed by atoms with van der Waals surface area (Å²) in [5.74, 6) is 0. The number of rotatable bonds is 2. The first-order valence-corrected chi connectivity index (χ1v) is 2.43. The van der Waals surface area contributed by atoms with E-state index in [9.17, 15) is 0 Å². The van der Waals surface area contributed by atoms with Crippen molar-refractivity contribution in [3.05, 3.63) is 12.0 Å². The summed E-state index contributed by atoms with van der Waals surface area (Å²) in [6.45, 7) is 2.67. The maximum Gasteiger partial charge on any atom is 0.0844 e. The zero-order valence-electron chi connectivity index (χ0n) is 3.77. The lowest BCUT2D eigenvalue weighted by molar-refractivity contribution is 0.270. The van der Waals surface area contributed by atoms with Gasteiger partial charge in [-0.1, -0.05) is 5.70 Å². The van der Waals surface area contributed by atoms with E-state index in [2.05, 4.69) is 10.2 Å². The summed E-state index contributed by atoms with van der Waals surface area (Å²) in [7, 11) is 3.09. The summed E-state index contributed by atoms with van der Waals surface area (Å²) in [6.07, 6.45) is 1.59. The fraction of sp³-hybridized carbons (Fsp3) is 0.500. The van der Waals surface area contributed by atoms with Crippen LogP contribution in [0.2, 0.25) is 0 Å². The third-order valence-electron chi connectivity index (χ3n) is 0.331. The molecule has 0 amide bonds. The van der Waals surface area contributed by atoms with Gasteiger partial charge < -0.3 is 4.74 Å². The van der Waals surface area contributed by atoms with Crippen LogP contribution < -0.4 is 0 Å². The van der Waals surface area contributed by atoms with Crippen molar-refractivity contribution in [3.63, 3.8) is 0 Å². The lowest BCUT2D eigenvalue weighted by atomic mass is 10.9. The van der Waals surface area contributed by atoms with Crippen LogP contribution in [0, 0.1) is 0 Å². The molecule has 0 atom stereocenters. The van der Waals surface area contributed by atoms with E-state index in [1.54, 1.807) is 12.0 Å². The zero-order valence-corrected chi connectivity index (χ0v) is 4.77. The fourth-order valence-electron chi connectivity index (χ4n) is 0.144. The maximum atomic E-state index is 4.75. The van der Waals surface area contributed by atoms with E-state index >= 15 is 0 Å². The molecule has 0 aromatic rings. The van der Waals surface area contributed by atoms with Crippen LogP contribution in [0.15, 0.2) is 12.0 Å². The van der Waals surface area contributed by atoms with Crippen molar-refractivity contribution in [2.24, 2.45) is 0 Å². The molecule has 0 spiro atoms. The van der Waals surface area contributed by atoms with E-state index < -0.39 is 0 Å². The average Bonchev–Trinajstić information content (AvgIpc) is 1.61. The molecule has 0 rings (SSSR count). The molecule has 2 heteroatoms. The SMILES string of the molecule is CCOC=C[Si]. The lowest BCUT2D eigenvalue weighted by Crippen LogP contribution is -1.74. The highest BCUT2D eigenvalue weighted by Crippen LogP contribution is 1.69. The molecule has 0 unspecified atom stereocenters. The van der Waals surface area contributed by atoms with Crippen LogP contribution >= 0.6 is 0 Å². The van der Waals surface area contributed by atoms with E-state index in [4.69, 9.17) is 4.74 Å². The highest BCUT2D eigenvalue weighted by atomic mass is 28.1. The Bertz CT molecular complexity index is 42.8. The van der Waals surface area contributed by atoms with Gasteiger partial charge in [0.15, 0.2) is 0 Å². The predicted octanol–water partition coefficient (Wildman–Crippen LogP) is 0.663. The summed E-state index contributed by atoms with van der Waals surface area (Å²) < 4.78 is 4.75. The topological polar surface area (TPSA) is 9.23 Å². The summed E-state index contributed by atoms with van der Waals surface area (Å²) in [5, 5.41) is 0. The van der Waals surface area contributed by atoms with Crippen LogP contribution in [0.25, 0.3) is 0 Å². The normalized spacial score (nSPS) is 9.67. The molecule has 0 bridgehead atoms. The summed E-state index contributed by atoms with van der Waals surface area (Å²) in [5.41, 5.74) is 1.67. The van der Waals surface area contributed by atoms with Crippen LogP contribution in [0.5, 0.6) is 0 Å². The summed E-state index contributed by atoms with van der Waals surface area (Å²) in [4.78, 5) is 0. The first kappa shape index (κ1) is 5.76. The Hall–Kier alpha value is -0.243. The van der Waals surface area contributed by atoms with Crippen molar-refractivity contribution in [3.8, 4) is 0 Å². The quantitative estimate of drug-likeness (QED) is 0.365. The van der Waals surface area contributed by atoms with Gasteiger partial charge in [0.25, 0.3) is 0 Å². The third kappa shape index (κ3) is 3.76. The van der Waals surface area contributed by atoms with Gasteiger partial charge in [0, 0.05) is 0 Å². The molecule has 0 aromatic carbocycles. The molecule has 0 aliphatic heterocycles. The number of hydrogen-bond donors (Lipinski definition) is 0. The molecule has 0 aromatic heterocycles. The van der Waals surface area contributed by atoms with E-state index in [-0.39, 0.29) is 0 Å². The van der Waals surface area contributed by atoms with Crippen molar-refractivity contribution in [1.82, 2.24) is 0 Å². The standard InChI is InChI=1S/C4H7OSi/c1-2-5-3-4-6/h3-4H,2H2,1H3. The van der Waals surface area contributed by atoms with Gasteiger partial charge in [0.1, 0.15) is 0 Å². The van der Waals surface area contributed by atoms with E-state index in [0.29, 0.717) is 0 Å². The third-order valence-corrected chi connectivity index (χ3v) is 0.467. The molecule has 0 heterocycles. The minimum atomic E-state index is 0.737. The minimum Gasteiger partial charge on any atom is -0.502 e.